The molecule has 3 nitrogen and oxygen atoms in total. The van der Waals surface area contributed by atoms with Crippen LogP contribution in [0.15, 0.2) is 0 Å². The normalized spacial score (nSPS) is 17.5. The molecule has 1 unspecified atom stereocenters. The molecule has 15 heavy (non-hydrogen) atoms. The maximum Gasteiger partial charge on any atom is 0.224 e. The molecule has 1 rings (SSSR count). The number of carbonyl (C=O) groups excluding carboxylic acids is 1. The molecule has 1 fully saturated rings. The average Bonchev–Trinajstić information content (AvgIpc) is 3.00. The summed E-state index contributed by atoms with van der Waals surface area (Å²) in [4.78, 5) is 13.9. The largest absolute Gasteiger partial charge is 0.343 e. The zero-order valence-electron chi connectivity index (χ0n) is 10.0. The van der Waals surface area contributed by atoms with Crippen LogP contribution in [0.3, 0.4) is 0 Å². The monoisotopic (exact) mass is 212 g/mol. The first-order chi connectivity index (χ1) is 7.19. The maximum absolute atomic E-state index is 11.9. The summed E-state index contributed by atoms with van der Waals surface area (Å²) in [5, 5.41) is 0. The highest BCUT2D eigenvalue weighted by Crippen LogP contribution is 2.32. The van der Waals surface area contributed by atoms with E-state index in [0.29, 0.717) is 12.3 Å². The zero-order chi connectivity index (χ0) is 11.3. The Morgan fingerprint density at radius 1 is 1.33 bits per heavy atom. The third kappa shape index (κ3) is 4.20. The molecule has 0 aliphatic heterocycles. The predicted molar refractivity (Wildman–Crippen MR) is 62.5 cm³/mol. The number of rotatable bonds is 7. The molecule has 1 aliphatic rings. The van der Waals surface area contributed by atoms with Gasteiger partial charge in [0, 0.05) is 25.6 Å². The molecule has 1 saturated carbocycles. The molecule has 0 aromatic carbocycles. The summed E-state index contributed by atoms with van der Waals surface area (Å²) in [7, 11) is 0. The first-order valence-electron chi connectivity index (χ1n) is 6.22. The lowest BCUT2D eigenvalue weighted by Crippen LogP contribution is -2.37. The fraction of sp³-hybridized carbons (Fsp3) is 0.917. The van der Waals surface area contributed by atoms with Gasteiger partial charge in [-0.1, -0.05) is 13.8 Å². The fourth-order valence-corrected chi connectivity index (χ4v) is 1.92. The van der Waals surface area contributed by atoms with Gasteiger partial charge in [0.25, 0.3) is 0 Å². The lowest BCUT2D eigenvalue weighted by molar-refractivity contribution is -0.131. The van der Waals surface area contributed by atoms with E-state index in [9.17, 15) is 4.79 Å². The number of carbonyl (C=O) groups is 1. The van der Waals surface area contributed by atoms with Gasteiger partial charge in [-0.3, -0.25) is 4.79 Å². The van der Waals surface area contributed by atoms with Crippen LogP contribution in [0.2, 0.25) is 0 Å². The minimum absolute atomic E-state index is 0.105. The van der Waals surface area contributed by atoms with E-state index in [1.807, 2.05) is 4.90 Å². The van der Waals surface area contributed by atoms with Crippen LogP contribution in [-0.4, -0.2) is 29.9 Å². The van der Waals surface area contributed by atoms with Crippen molar-refractivity contribution >= 4 is 5.91 Å². The molecule has 0 heterocycles. The Bertz CT molecular complexity index is 196. The van der Waals surface area contributed by atoms with Gasteiger partial charge in [0.15, 0.2) is 0 Å². The SMILES string of the molecule is CCCN(CCC)C(=O)CC(N)C1CC1. The van der Waals surface area contributed by atoms with E-state index in [1.54, 1.807) is 0 Å². The van der Waals surface area contributed by atoms with Crippen LogP contribution in [0.25, 0.3) is 0 Å². The number of hydrogen-bond acceptors (Lipinski definition) is 2. The summed E-state index contributed by atoms with van der Waals surface area (Å²) in [5.74, 6) is 0.872. The molecule has 3 heteroatoms. The molecule has 0 bridgehead atoms. The topological polar surface area (TPSA) is 46.3 Å². The number of hydrogen-bond donors (Lipinski definition) is 1. The molecule has 0 spiro atoms. The highest BCUT2D eigenvalue weighted by molar-refractivity contribution is 5.76. The van der Waals surface area contributed by atoms with Crippen LogP contribution in [0, 0.1) is 5.92 Å². The van der Waals surface area contributed by atoms with Crippen molar-refractivity contribution < 1.29 is 4.79 Å². The summed E-state index contributed by atoms with van der Waals surface area (Å²) >= 11 is 0. The van der Waals surface area contributed by atoms with Gasteiger partial charge in [-0.15, -0.1) is 0 Å². The summed E-state index contributed by atoms with van der Waals surface area (Å²) < 4.78 is 0. The second kappa shape index (κ2) is 6.11. The first-order valence-corrected chi connectivity index (χ1v) is 6.22. The highest BCUT2D eigenvalue weighted by Gasteiger charge is 2.30. The van der Waals surface area contributed by atoms with E-state index in [-0.39, 0.29) is 11.9 Å². The molecule has 0 aromatic rings. The Morgan fingerprint density at radius 2 is 1.87 bits per heavy atom. The van der Waals surface area contributed by atoms with Crippen LogP contribution in [-0.2, 0) is 4.79 Å². The number of amides is 1. The van der Waals surface area contributed by atoms with Crippen molar-refractivity contribution in [2.24, 2.45) is 11.7 Å². The molecule has 0 radical (unpaired) electrons. The third-order valence-corrected chi connectivity index (χ3v) is 2.98. The quantitative estimate of drug-likeness (QED) is 0.699. The smallest absolute Gasteiger partial charge is 0.224 e. The second-order valence-corrected chi connectivity index (χ2v) is 4.59. The molecular formula is C12H24N2O. The van der Waals surface area contributed by atoms with Crippen molar-refractivity contribution in [2.45, 2.75) is 52.0 Å². The van der Waals surface area contributed by atoms with Gasteiger partial charge in [0.05, 0.1) is 0 Å². The fourth-order valence-electron chi connectivity index (χ4n) is 1.92. The highest BCUT2D eigenvalue weighted by atomic mass is 16.2. The third-order valence-electron chi connectivity index (χ3n) is 2.98. The Morgan fingerprint density at radius 3 is 2.27 bits per heavy atom. The number of nitrogens with zero attached hydrogens (tertiary/aromatic N) is 1. The second-order valence-electron chi connectivity index (χ2n) is 4.59. The zero-order valence-corrected chi connectivity index (χ0v) is 10.0. The van der Waals surface area contributed by atoms with E-state index >= 15 is 0 Å². The first kappa shape index (κ1) is 12.5. The van der Waals surface area contributed by atoms with Crippen LogP contribution >= 0.6 is 0 Å². The van der Waals surface area contributed by atoms with Crippen molar-refractivity contribution in [3.05, 3.63) is 0 Å². The van der Waals surface area contributed by atoms with Crippen molar-refractivity contribution in [2.75, 3.05) is 13.1 Å². The van der Waals surface area contributed by atoms with Crippen molar-refractivity contribution in [1.29, 1.82) is 0 Å². The van der Waals surface area contributed by atoms with Gasteiger partial charge in [0.1, 0.15) is 0 Å². The molecule has 1 amide bonds. The predicted octanol–water partition coefficient (Wildman–Crippen LogP) is 1.76. The standard InChI is InChI=1S/C12H24N2O/c1-3-7-14(8-4-2)12(15)9-11(13)10-5-6-10/h10-11H,3-9,13H2,1-2H3. The molecule has 0 aromatic heterocycles. The lowest BCUT2D eigenvalue weighted by Gasteiger charge is -2.23. The Kier molecular flexibility index (Phi) is 5.09. The summed E-state index contributed by atoms with van der Waals surface area (Å²) in [6.45, 7) is 5.97. The Balaban J connectivity index is 2.32. The van der Waals surface area contributed by atoms with E-state index in [4.69, 9.17) is 5.73 Å². The lowest BCUT2D eigenvalue weighted by atomic mass is 10.1. The van der Waals surface area contributed by atoms with Crippen LogP contribution in [0.1, 0.15) is 46.0 Å². The van der Waals surface area contributed by atoms with E-state index in [0.717, 1.165) is 25.9 Å². The minimum Gasteiger partial charge on any atom is -0.343 e. The molecule has 2 N–H and O–H groups in total. The van der Waals surface area contributed by atoms with Gasteiger partial charge in [-0.05, 0) is 31.6 Å². The van der Waals surface area contributed by atoms with Gasteiger partial charge in [-0.2, -0.15) is 0 Å². The minimum atomic E-state index is 0.105. The molecular weight excluding hydrogens is 188 g/mol. The molecule has 0 saturated heterocycles. The van der Waals surface area contributed by atoms with Gasteiger partial charge in [0.2, 0.25) is 5.91 Å². The van der Waals surface area contributed by atoms with Crippen molar-refractivity contribution in [3.63, 3.8) is 0 Å². The summed E-state index contributed by atoms with van der Waals surface area (Å²) in [6.07, 6.45) is 5.05. The van der Waals surface area contributed by atoms with E-state index < -0.39 is 0 Å². The van der Waals surface area contributed by atoms with Gasteiger partial charge < -0.3 is 10.6 Å². The number of nitrogens with two attached hydrogens (primary N) is 1. The molecule has 1 atom stereocenters. The van der Waals surface area contributed by atoms with Crippen LogP contribution in [0.5, 0.6) is 0 Å². The van der Waals surface area contributed by atoms with Gasteiger partial charge >= 0.3 is 0 Å². The molecule has 1 aliphatic carbocycles. The van der Waals surface area contributed by atoms with Crippen LogP contribution < -0.4 is 5.73 Å². The van der Waals surface area contributed by atoms with Crippen LogP contribution in [0.4, 0.5) is 0 Å². The summed E-state index contributed by atoms with van der Waals surface area (Å²) in [6, 6.07) is 0.105. The molecule has 88 valence electrons. The van der Waals surface area contributed by atoms with Gasteiger partial charge in [-0.25, -0.2) is 0 Å². The van der Waals surface area contributed by atoms with E-state index in [2.05, 4.69) is 13.8 Å². The van der Waals surface area contributed by atoms with Crippen molar-refractivity contribution in [1.82, 2.24) is 4.90 Å². The Hall–Kier alpha value is -0.570. The Labute approximate surface area is 93.0 Å². The summed E-state index contributed by atoms with van der Waals surface area (Å²) in [5.41, 5.74) is 5.96. The van der Waals surface area contributed by atoms with E-state index in [1.165, 1.54) is 12.8 Å². The van der Waals surface area contributed by atoms with Crippen molar-refractivity contribution in [3.8, 4) is 0 Å². The average molecular weight is 212 g/mol. The maximum atomic E-state index is 11.9.